The molecule has 0 aromatic heterocycles. The number of likely N-dealkylation sites (tertiary alicyclic amines) is 1. The van der Waals surface area contributed by atoms with E-state index in [2.05, 4.69) is 29.3 Å². The number of amides is 1. The summed E-state index contributed by atoms with van der Waals surface area (Å²) in [6.07, 6.45) is 1.19. The van der Waals surface area contributed by atoms with Crippen molar-refractivity contribution in [2.75, 3.05) is 25.0 Å². The summed E-state index contributed by atoms with van der Waals surface area (Å²) < 4.78 is 0. The van der Waals surface area contributed by atoms with Crippen molar-refractivity contribution in [3.05, 3.63) is 54.6 Å². The monoisotopic (exact) mass is 326 g/mol. The van der Waals surface area contributed by atoms with Gasteiger partial charge in [-0.15, -0.1) is 0 Å². The van der Waals surface area contributed by atoms with Crippen molar-refractivity contribution in [1.82, 2.24) is 4.90 Å². The molecular weight excluding hydrogens is 304 g/mol. The van der Waals surface area contributed by atoms with Gasteiger partial charge in [-0.25, -0.2) is 0 Å². The first-order valence-electron chi connectivity index (χ1n) is 8.05. The number of benzene rings is 2. The van der Waals surface area contributed by atoms with Gasteiger partial charge in [0.1, 0.15) is 0 Å². The molecule has 0 spiro atoms. The first-order chi connectivity index (χ1) is 11.2. The molecule has 2 aromatic carbocycles. The molecule has 1 unspecified atom stereocenters. The van der Waals surface area contributed by atoms with Crippen LogP contribution in [0.15, 0.2) is 64.4 Å². The van der Waals surface area contributed by atoms with Crippen molar-refractivity contribution in [2.45, 2.75) is 23.1 Å². The fourth-order valence-electron chi connectivity index (χ4n) is 2.84. The zero-order valence-electron chi connectivity index (χ0n) is 13.4. The topological polar surface area (TPSA) is 32.3 Å². The van der Waals surface area contributed by atoms with Crippen LogP contribution in [0.3, 0.4) is 0 Å². The molecule has 120 valence electrons. The van der Waals surface area contributed by atoms with Crippen LogP contribution in [0.25, 0.3) is 0 Å². The number of carbonyl (C=O) groups excluding carboxylic acids is 1. The highest BCUT2D eigenvalue weighted by molar-refractivity contribution is 7.99. The normalized spacial score (nSPS) is 18.0. The molecule has 3 nitrogen and oxygen atoms in total. The largest absolute Gasteiger partial charge is 0.324 e. The van der Waals surface area contributed by atoms with Crippen LogP contribution in [-0.4, -0.2) is 30.4 Å². The van der Waals surface area contributed by atoms with Crippen molar-refractivity contribution >= 4 is 23.4 Å². The average Bonchev–Trinajstić information content (AvgIpc) is 2.95. The van der Waals surface area contributed by atoms with Gasteiger partial charge in [-0.3, -0.25) is 9.69 Å². The number of rotatable bonds is 5. The molecular formula is C19H22N2OS. The Hall–Kier alpha value is -1.78. The number of hydrogen-bond donors (Lipinski definition) is 1. The molecule has 0 radical (unpaired) electrons. The third-order valence-corrected chi connectivity index (χ3v) is 5.09. The minimum atomic E-state index is 0.0696. The summed E-state index contributed by atoms with van der Waals surface area (Å²) in [6.45, 7) is 4.77. The van der Waals surface area contributed by atoms with Crippen LogP contribution in [0.1, 0.15) is 13.3 Å². The Labute approximate surface area is 142 Å². The highest BCUT2D eigenvalue weighted by Gasteiger charge is 2.20. The minimum absolute atomic E-state index is 0.0696. The summed E-state index contributed by atoms with van der Waals surface area (Å²) in [5, 5.41) is 3.07. The third-order valence-electron chi connectivity index (χ3n) is 4.01. The second-order valence-corrected chi connectivity index (χ2v) is 7.20. The van der Waals surface area contributed by atoms with Crippen molar-refractivity contribution in [3.8, 4) is 0 Å². The van der Waals surface area contributed by atoms with Crippen LogP contribution in [0, 0.1) is 5.92 Å². The Morgan fingerprint density at radius 1 is 1.17 bits per heavy atom. The maximum Gasteiger partial charge on any atom is 0.238 e. The second kappa shape index (κ2) is 7.66. The van der Waals surface area contributed by atoms with E-state index in [-0.39, 0.29) is 5.91 Å². The summed E-state index contributed by atoms with van der Waals surface area (Å²) in [7, 11) is 0. The van der Waals surface area contributed by atoms with Crippen molar-refractivity contribution < 1.29 is 4.79 Å². The van der Waals surface area contributed by atoms with Gasteiger partial charge in [-0.2, -0.15) is 0 Å². The van der Waals surface area contributed by atoms with Gasteiger partial charge in [0.2, 0.25) is 5.91 Å². The molecule has 2 aromatic rings. The fourth-order valence-corrected chi connectivity index (χ4v) is 3.76. The summed E-state index contributed by atoms with van der Waals surface area (Å²) in [5.74, 6) is 0.768. The second-order valence-electron chi connectivity index (χ2n) is 6.09. The number of nitrogens with zero attached hydrogens (tertiary/aromatic N) is 1. The molecule has 1 saturated heterocycles. The number of para-hydroxylation sites is 1. The Morgan fingerprint density at radius 3 is 2.65 bits per heavy atom. The predicted octanol–water partition coefficient (Wildman–Crippen LogP) is 4.12. The van der Waals surface area contributed by atoms with Crippen LogP contribution in [0.4, 0.5) is 5.69 Å². The Bertz CT molecular complexity index is 659. The SMILES string of the molecule is CC1CCN(CC(=O)Nc2ccccc2Sc2ccccc2)C1. The lowest BCUT2D eigenvalue weighted by atomic mass is 10.2. The van der Waals surface area contributed by atoms with Gasteiger partial charge in [0.25, 0.3) is 0 Å². The van der Waals surface area contributed by atoms with Gasteiger partial charge < -0.3 is 5.32 Å². The van der Waals surface area contributed by atoms with E-state index in [1.807, 2.05) is 42.5 Å². The van der Waals surface area contributed by atoms with Crippen molar-refractivity contribution in [2.24, 2.45) is 5.92 Å². The molecule has 1 heterocycles. The zero-order chi connectivity index (χ0) is 16.1. The minimum Gasteiger partial charge on any atom is -0.324 e. The van der Waals surface area contributed by atoms with Gasteiger partial charge in [-0.05, 0) is 43.1 Å². The highest BCUT2D eigenvalue weighted by atomic mass is 32.2. The lowest BCUT2D eigenvalue weighted by Gasteiger charge is -2.16. The Morgan fingerprint density at radius 2 is 1.91 bits per heavy atom. The summed E-state index contributed by atoms with van der Waals surface area (Å²) in [6, 6.07) is 18.2. The van der Waals surface area contributed by atoms with E-state index in [9.17, 15) is 4.79 Å². The summed E-state index contributed by atoms with van der Waals surface area (Å²) in [5.41, 5.74) is 0.888. The number of hydrogen-bond acceptors (Lipinski definition) is 3. The fraction of sp³-hybridized carbons (Fsp3) is 0.316. The van der Waals surface area contributed by atoms with Crippen LogP contribution in [0.5, 0.6) is 0 Å². The van der Waals surface area contributed by atoms with E-state index in [0.717, 1.165) is 23.7 Å². The number of carbonyl (C=O) groups is 1. The molecule has 0 saturated carbocycles. The van der Waals surface area contributed by atoms with Gasteiger partial charge in [0, 0.05) is 16.3 Å². The molecule has 4 heteroatoms. The Kier molecular flexibility index (Phi) is 5.36. The van der Waals surface area contributed by atoms with Crippen molar-refractivity contribution in [1.29, 1.82) is 0 Å². The van der Waals surface area contributed by atoms with Gasteiger partial charge in [-0.1, -0.05) is 49.0 Å². The van der Waals surface area contributed by atoms with E-state index >= 15 is 0 Å². The molecule has 0 bridgehead atoms. The first-order valence-corrected chi connectivity index (χ1v) is 8.86. The maximum absolute atomic E-state index is 12.3. The van der Waals surface area contributed by atoms with Crippen LogP contribution in [0.2, 0.25) is 0 Å². The van der Waals surface area contributed by atoms with E-state index in [0.29, 0.717) is 12.5 Å². The summed E-state index contributed by atoms with van der Waals surface area (Å²) in [4.78, 5) is 16.8. The van der Waals surface area contributed by atoms with Gasteiger partial charge >= 0.3 is 0 Å². The van der Waals surface area contributed by atoms with Crippen molar-refractivity contribution in [3.63, 3.8) is 0 Å². The molecule has 0 aliphatic carbocycles. The molecule has 1 amide bonds. The number of anilines is 1. The van der Waals surface area contributed by atoms with Crippen LogP contribution >= 0.6 is 11.8 Å². The lowest BCUT2D eigenvalue weighted by Crippen LogP contribution is -2.31. The van der Waals surface area contributed by atoms with E-state index in [1.165, 1.54) is 11.3 Å². The van der Waals surface area contributed by atoms with Gasteiger partial charge in [0.15, 0.2) is 0 Å². The number of nitrogens with one attached hydrogen (secondary N) is 1. The molecule has 1 aliphatic rings. The Balaban J connectivity index is 1.64. The molecule has 1 N–H and O–H groups in total. The maximum atomic E-state index is 12.3. The standard InChI is InChI=1S/C19H22N2OS/c1-15-11-12-21(13-15)14-19(22)20-17-9-5-6-10-18(17)23-16-7-3-2-4-8-16/h2-10,15H,11-14H2,1H3,(H,20,22). The quantitative estimate of drug-likeness (QED) is 0.897. The smallest absolute Gasteiger partial charge is 0.238 e. The molecule has 1 fully saturated rings. The zero-order valence-corrected chi connectivity index (χ0v) is 14.2. The third kappa shape index (κ3) is 4.60. The lowest BCUT2D eigenvalue weighted by molar-refractivity contribution is -0.117. The van der Waals surface area contributed by atoms with E-state index < -0.39 is 0 Å². The van der Waals surface area contributed by atoms with Gasteiger partial charge in [0.05, 0.1) is 12.2 Å². The predicted molar refractivity (Wildman–Crippen MR) is 95.9 cm³/mol. The van der Waals surface area contributed by atoms with E-state index in [1.54, 1.807) is 11.8 Å². The summed E-state index contributed by atoms with van der Waals surface area (Å²) >= 11 is 1.67. The molecule has 23 heavy (non-hydrogen) atoms. The first kappa shape index (κ1) is 16.1. The molecule has 1 aliphatic heterocycles. The molecule has 3 rings (SSSR count). The molecule has 1 atom stereocenters. The highest BCUT2D eigenvalue weighted by Crippen LogP contribution is 2.33. The van der Waals surface area contributed by atoms with Crippen LogP contribution in [-0.2, 0) is 4.79 Å². The average molecular weight is 326 g/mol. The van der Waals surface area contributed by atoms with E-state index in [4.69, 9.17) is 0 Å². The van der Waals surface area contributed by atoms with Crippen LogP contribution < -0.4 is 5.32 Å².